The molecule has 2 aromatic heterocycles. The molecule has 2 heterocycles. The third kappa shape index (κ3) is 1.65. The van der Waals surface area contributed by atoms with E-state index in [9.17, 15) is 0 Å². The molecule has 16 heavy (non-hydrogen) atoms. The summed E-state index contributed by atoms with van der Waals surface area (Å²) in [5, 5.41) is 6.02. The van der Waals surface area contributed by atoms with Gasteiger partial charge in [-0.1, -0.05) is 12.1 Å². The van der Waals surface area contributed by atoms with E-state index < -0.39 is 0 Å². The Hall–Kier alpha value is -1.88. The van der Waals surface area contributed by atoms with Crippen LogP contribution < -0.4 is 5.32 Å². The zero-order valence-corrected chi connectivity index (χ0v) is 9.51. The lowest BCUT2D eigenvalue weighted by molar-refractivity contribution is 1.23. The quantitative estimate of drug-likeness (QED) is 0.711. The first-order valence-corrected chi connectivity index (χ1v) is 5.83. The highest BCUT2D eigenvalue weighted by Gasteiger charge is 2.03. The molecule has 0 amide bonds. The third-order valence-corrected chi connectivity index (χ3v) is 3.11. The van der Waals surface area contributed by atoms with Crippen molar-refractivity contribution in [2.45, 2.75) is 6.92 Å². The Labute approximate surface area is 96.4 Å². The molecule has 0 fully saturated rings. The molecule has 0 spiro atoms. The number of nitrogens with zero attached hydrogens (tertiary/aromatic N) is 2. The lowest BCUT2D eigenvalue weighted by Gasteiger charge is -1.94. The van der Waals surface area contributed by atoms with Crippen LogP contribution in [0.15, 0.2) is 29.6 Å². The fourth-order valence-corrected chi connectivity index (χ4v) is 2.21. The molecule has 4 nitrogen and oxygen atoms in total. The first-order chi connectivity index (χ1) is 7.81. The summed E-state index contributed by atoms with van der Waals surface area (Å²) in [6, 6.07) is 7.93. The summed E-state index contributed by atoms with van der Waals surface area (Å²) >= 11 is 1.57. The maximum absolute atomic E-state index is 4.42. The number of para-hydroxylation sites is 2. The maximum atomic E-state index is 4.42. The topological polar surface area (TPSA) is 53.6 Å². The average molecular weight is 230 g/mol. The van der Waals surface area contributed by atoms with Gasteiger partial charge >= 0.3 is 0 Å². The molecule has 0 aliphatic heterocycles. The van der Waals surface area contributed by atoms with Crippen LogP contribution in [-0.4, -0.2) is 15.0 Å². The second-order valence-electron chi connectivity index (χ2n) is 3.52. The van der Waals surface area contributed by atoms with Gasteiger partial charge in [0.05, 0.1) is 16.7 Å². The first kappa shape index (κ1) is 9.35. The summed E-state index contributed by atoms with van der Waals surface area (Å²) in [5.41, 5.74) is 3.00. The number of rotatable bonds is 2. The second-order valence-corrected chi connectivity index (χ2v) is 4.38. The summed E-state index contributed by atoms with van der Waals surface area (Å²) in [5.74, 6) is 0.732. The second kappa shape index (κ2) is 3.61. The van der Waals surface area contributed by atoms with Crippen LogP contribution in [0.25, 0.3) is 11.0 Å². The van der Waals surface area contributed by atoms with E-state index in [-0.39, 0.29) is 0 Å². The highest BCUT2D eigenvalue weighted by molar-refractivity contribution is 7.13. The minimum Gasteiger partial charge on any atom is -0.324 e. The summed E-state index contributed by atoms with van der Waals surface area (Å²) in [4.78, 5) is 11.9. The predicted octanol–water partition coefficient (Wildman–Crippen LogP) is 3.07. The Kier molecular flexibility index (Phi) is 2.11. The molecule has 0 atom stereocenters. The Bertz CT molecular complexity index is 592. The standard InChI is InChI=1S/C11H10N4S/c1-7-6-16-11(12-7)15-10-13-8-4-2-3-5-9(8)14-10/h2-6H,1H3,(H2,12,13,14,15). The minimum atomic E-state index is 0.732. The number of thiazole rings is 1. The van der Waals surface area contributed by atoms with E-state index in [4.69, 9.17) is 0 Å². The van der Waals surface area contributed by atoms with Crippen molar-refractivity contribution in [1.29, 1.82) is 0 Å². The van der Waals surface area contributed by atoms with Crippen LogP contribution in [0.3, 0.4) is 0 Å². The number of fused-ring (bicyclic) bond motifs is 1. The lowest BCUT2D eigenvalue weighted by atomic mass is 10.3. The van der Waals surface area contributed by atoms with E-state index in [1.165, 1.54) is 0 Å². The summed E-state index contributed by atoms with van der Waals surface area (Å²) in [6.07, 6.45) is 0. The van der Waals surface area contributed by atoms with E-state index >= 15 is 0 Å². The van der Waals surface area contributed by atoms with Gasteiger partial charge in [-0.25, -0.2) is 9.97 Å². The van der Waals surface area contributed by atoms with Crippen molar-refractivity contribution in [2.75, 3.05) is 5.32 Å². The van der Waals surface area contributed by atoms with Crippen LogP contribution in [-0.2, 0) is 0 Å². The Morgan fingerprint density at radius 2 is 2.12 bits per heavy atom. The Morgan fingerprint density at radius 3 is 2.88 bits per heavy atom. The molecule has 0 saturated heterocycles. The molecule has 0 radical (unpaired) electrons. The fraction of sp³-hybridized carbons (Fsp3) is 0.0909. The largest absolute Gasteiger partial charge is 0.324 e. The molecule has 0 bridgehead atoms. The summed E-state index contributed by atoms with van der Waals surface area (Å²) in [7, 11) is 0. The van der Waals surface area contributed by atoms with Crippen molar-refractivity contribution >= 4 is 33.5 Å². The molecule has 80 valence electrons. The number of hydrogen-bond acceptors (Lipinski definition) is 4. The van der Waals surface area contributed by atoms with E-state index in [2.05, 4.69) is 20.3 Å². The molecule has 0 unspecified atom stereocenters. The molecule has 1 aromatic carbocycles. The van der Waals surface area contributed by atoms with Gasteiger partial charge in [-0.3, -0.25) is 0 Å². The van der Waals surface area contributed by atoms with Crippen molar-refractivity contribution in [3.8, 4) is 0 Å². The molecule has 5 heteroatoms. The van der Waals surface area contributed by atoms with Gasteiger partial charge in [-0.05, 0) is 19.1 Å². The van der Waals surface area contributed by atoms with Crippen molar-refractivity contribution in [2.24, 2.45) is 0 Å². The molecular weight excluding hydrogens is 220 g/mol. The van der Waals surface area contributed by atoms with Crippen LogP contribution >= 0.6 is 11.3 Å². The van der Waals surface area contributed by atoms with Gasteiger partial charge in [0.1, 0.15) is 0 Å². The number of benzene rings is 1. The minimum absolute atomic E-state index is 0.732. The zero-order chi connectivity index (χ0) is 11.0. The number of H-pyrrole nitrogens is 1. The molecule has 3 aromatic rings. The Morgan fingerprint density at radius 1 is 1.25 bits per heavy atom. The zero-order valence-electron chi connectivity index (χ0n) is 8.69. The van der Waals surface area contributed by atoms with Gasteiger partial charge in [0.15, 0.2) is 5.13 Å². The van der Waals surface area contributed by atoms with E-state index in [0.29, 0.717) is 0 Å². The van der Waals surface area contributed by atoms with Gasteiger partial charge < -0.3 is 10.3 Å². The van der Waals surface area contributed by atoms with Crippen LogP contribution in [0.5, 0.6) is 0 Å². The van der Waals surface area contributed by atoms with Crippen LogP contribution in [0, 0.1) is 6.92 Å². The number of anilines is 2. The maximum Gasteiger partial charge on any atom is 0.207 e. The van der Waals surface area contributed by atoms with Crippen LogP contribution in [0.4, 0.5) is 11.1 Å². The number of aryl methyl sites for hydroxylation is 1. The number of nitrogens with one attached hydrogen (secondary N) is 2. The summed E-state index contributed by atoms with van der Waals surface area (Å²) < 4.78 is 0. The van der Waals surface area contributed by atoms with E-state index in [1.807, 2.05) is 36.6 Å². The average Bonchev–Trinajstić information content (AvgIpc) is 2.84. The van der Waals surface area contributed by atoms with Crippen molar-refractivity contribution in [3.63, 3.8) is 0 Å². The molecule has 2 N–H and O–H groups in total. The first-order valence-electron chi connectivity index (χ1n) is 4.95. The van der Waals surface area contributed by atoms with Gasteiger partial charge in [0, 0.05) is 5.38 Å². The van der Waals surface area contributed by atoms with Gasteiger partial charge in [0.2, 0.25) is 5.95 Å². The molecule has 0 aliphatic carbocycles. The highest BCUT2D eigenvalue weighted by Crippen LogP contribution is 2.20. The monoisotopic (exact) mass is 230 g/mol. The van der Waals surface area contributed by atoms with Crippen LogP contribution in [0.1, 0.15) is 5.69 Å². The van der Waals surface area contributed by atoms with Gasteiger partial charge in [-0.15, -0.1) is 11.3 Å². The Balaban J connectivity index is 1.95. The van der Waals surface area contributed by atoms with Crippen molar-refractivity contribution in [3.05, 3.63) is 35.3 Å². The molecule has 0 saturated carbocycles. The van der Waals surface area contributed by atoms with Gasteiger partial charge in [-0.2, -0.15) is 0 Å². The molecule has 3 rings (SSSR count). The van der Waals surface area contributed by atoms with Gasteiger partial charge in [0.25, 0.3) is 0 Å². The predicted molar refractivity (Wildman–Crippen MR) is 66.2 cm³/mol. The summed E-state index contributed by atoms with van der Waals surface area (Å²) in [6.45, 7) is 1.97. The molecular formula is C11H10N4S. The number of aromatic nitrogens is 3. The lowest BCUT2D eigenvalue weighted by Crippen LogP contribution is -1.91. The van der Waals surface area contributed by atoms with Crippen LogP contribution in [0.2, 0.25) is 0 Å². The van der Waals surface area contributed by atoms with Crippen molar-refractivity contribution in [1.82, 2.24) is 15.0 Å². The number of aromatic amines is 1. The SMILES string of the molecule is Cc1csc(Nc2nc3ccccc3[nH]2)n1. The van der Waals surface area contributed by atoms with E-state index in [1.54, 1.807) is 11.3 Å². The third-order valence-electron chi connectivity index (χ3n) is 2.23. The van der Waals surface area contributed by atoms with E-state index in [0.717, 1.165) is 27.8 Å². The smallest absolute Gasteiger partial charge is 0.207 e. The number of imidazole rings is 1. The fourth-order valence-electron chi connectivity index (χ4n) is 1.52. The highest BCUT2D eigenvalue weighted by atomic mass is 32.1. The normalized spacial score (nSPS) is 10.8. The molecule has 0 aliphatic rings. The number of hydrogen-bond donors (Lipinski definition) is 2. The van der Waals surface area contributed by atoms with Crippen molar-refractivity contribution < 1.29 is 0 Å².